The molecular formula is C20H24F3NO4S. The quantitative estimate of drug-likeness (QED) is 0.575. The lowest BCUT2D eigenvalue weighted by atomic mass is 10.0. The molecule has 3 N–H and O–H groups in total. The van der Waals surface area contributed by atoms with Gasteiger partial charge in [-0.05, 0) is 61.1 Å². The van der Waals surface area contributed by atoms with Crippen LogP contribution in [0.15, 0.2) is 41.3 Å². The minimum absolute atomic E-state index is 0.243. The maximum atomic E-state index is 13.0. The summed E-state index contributed by atoms with van der Waals surface area (Å²) >= 11 is 0. The summed E-state index contributed by atoms with van der Waals surface area (Å²) in [4.78, 5) is -0.610. The number of phenolic OH excluding ortho intramolecular Hbond substituents is 1. The molecule has 1 unspecified atom stereocenters. The highest BCUT2D eigenvalue weighted by Gasteiger charge is 2.35. The number of phenols is 1. The molecule has 5 nitrogen and oxygen atoms in total. The van der Waals surface area contributed by atoms with Gasteiger partial charge in [-0.25, -0.2) is 8.42 Å². The predicted octanol–water partition coefficient (Wildman–Crippen LogP) is 4.48. The molecule has 160 valence electrons. The smallest absolute Gasteiger partial charge is 0.419 e. The average molecular weight is 431 g/mol. The Labute approximate surface area is 168 Å². The van der Waals surface area contributed by atoms with E-state index in [9.17, 15) is 31.8 Å². The number of hydrogen-bond acceptors (Lipinski definition) is 4. The molecule has 9 heteroatoms. The molecule has 0 aromatic heterocycles. The number of benzene rings is 2. The van der Waals surface area contributed by atoms with Gasteiger partial charge in [-0.15, -0.1) is 0 Å². The highest BCUT2D eigenvalue weighted by Crippen LogP contribution is 2.37. The molecule has 0 radical (unpaired) electrons. The van der Waals surface area contributed by atoms with E-state index in [2.05, 4.69) is 4.72 Å². The molecule has 0 aliphatic rings. The first-order valence-corrected chi connectivity index (χ1v) is 10.7. The molecule has 0 heterocycles. The number of sulfonamides is 1. The first kappa shape index (κ1) is 23.0. The van der Waals surface area contributed by atoms with Gasteiger partial charge in [0.1, 0.15) is 5.75 Å². The summed E-state index contributed by atoms with van der Waals surface area (Å²) in [5.74, 6) is -1.04. The van der Waals surface area contributed by atoms with Crippen molar-refractivity contribution >= 4 is 15.7 Å². The number of aliphatic hydroxyl groups is 1. The molecule has 0 aliphatic carbocycles. The number of anilines is 1. The van der Waals surface area contributed by atoms with Gasteiger partial charge in [-0.3, -0.25) is 4.72 Å². The first-order valence-electron chi connectivity index (χ1n) is 9.20. The van der Waals surface area contributed by atoms with Crippen LogP contribution in [-0.4, -0.2) is 24.7 Å². The van der Waals surface area contributed by atoms with Crippen molar-refractivity contribution in [3.05, 3.63) is 53.1 Å². The number of aromatic hydroxyl groups is 1. The number of nitrogens with one attached hydrogen (secondary N) is 1. The van der Waals surface area contributed by atoms with Gasteiger partial charge in [-0.2, -0.15) is 13.2 Å². The van der Waals surface area contributed by atoms with E-state index in [1.54, 1.807) is 12.1 Å². The fraction of sp³-hybridized carbons (Fsp3) is 0.400. The zero-order chi connectivity index (χ0) is 21.8. The summed E-state index contributed by atoms with van der Waals surface area (Å²) in [6, 6.07) is 7.13. The maximum Gasteiger partial charge on any atom is 0.419 e. The molecule has 0 saturated carbocycles. The van der Waals surface area contributed by atoms with Crippen LogP contribution in [0.4, 0.5) is 18.9 Å². The fourth-order valence-corrected chi connectivity index (χ4v) is 3.94. The third-order valence-electron chi connectivity index (χ3n) is 4.62. The Bertz CT molecular complexity index is 959. The lowest BCUT2D eigenvalue weighted by molar-refractivity contribution is -0.138. The zero-order valence-corrected chi connectivity index (χ0v) is 16.9. The standard InChI is InChI=1S/C20H24F3NO4S/c1-3-13-5-9-18(14(11-13)6-7-15(25)4-2)24-29(27,28)16-8-10-19(26)17(12-16)20(21,22)23/h5,8-12,15,24-26H,3-4,6-7H2,1-2H3. The van der Waals surface area contributed by atoms with Crippen molar-refractivity contribution in [1.82, 2.24) is 0 Å². The number of halogens is 3. The van der Waals surface area contributed by atoms with E-state index in [1.165, 1.54) is 0 Å². The Kier molecular flexibility index (Phi) is 7.18. The molecule has 1 atom stereocenters. The van der Waals surface area contributed by atoms with E-state index in [0.717, 1.165) is 18.1 Å². The summed E-state index contributed by atoms with van der Waals surface area (Å²) < 4.78 is 66.7. The van der Waals surface area contributed by atoms with Gasteiger partial charge in [0.2, 0.25) is 0 Å². The Morgan fingerprint density at radius 1 is 1.10 bits per heavy atom. The second-order valence-electron chi connectivity index (χ2n) is 6.73. The van der Waals surface area contributed by atoms with Crippen molar-refractivity contribution < 1.29 is 31.8 Å². The molecule has 2 aromatic carbocycles. The van der Waals surface area contributed by atoms with Crippen molar-refractivity contribution in [2.24, 2.45) is 0 Å². The van der Waals surface area contributed by atoms with Crippen LogP contribution in [0.5, 0.6) is 5.75 Å². The van der Waals surface area contributed by atoms with Crippen LogP contribution in [0.25, 0.3) is 0 Å². The Morgan fingerprint density at radius 3 is 2.38 bits per heavy atom. The van der Waals surface area contributed by atoms with E-state index in [-0.39, 0.29) is 5.69 Å². The van der Waals surface area contributed by atoms with E-state index < -0.39 is 38.5 Å². The number of aryl methyl sites for hydroxylation is 2. The molecule has 0 aliphatic heterocycles. The molecule has 2 aromatic rings. The van der Waals surface area contributed by atoms with Crippen molar-refractivity contribution in [1.29, 1.82) is 0 Å². The van der Waals surface area contributed by atoms with Crippen molar-refractivity contribution in [2.75, 3.05) is 4.72 Å². The van der Waals surface area contributed by atoms with Crippen LogP contribution in [-0.2, 0) is 29.0 Å². The minimum Gasteiger partial charge on any atom is -0.507 e. The molecule has 0 bridgehead atoms. The molecule has 29 heavy (non-hydrogen) atoms. The molecule has 0 spiro atoms. The second-order valence-corrected chi connectivity index (χ2v) is 8.41. The van der Waals surface area contributed by atoms with Gasteiger partial charge in [0.25, 0.3) is 10.0 Å². The third-order valence-corrected chi connectivity index (χ3v) is 5.99. The predicted molar refractivity (Wildman–Crippen MR) is 104 cm³/mol. The lowest BCUT2D eigenvalue weighted by Gasteiger charge is -2.16. The van der Waals surface area contributed by atoms with Crippen LogP contribution >= 0.6 is 0 Å². The van der Waals surface area contributed by atoms with E-state index in [0.29, 0.717) is 37.0 Å². The van der Waals surface area contributed by atoms with Gasteiger partial charge < -0.3 is 10.2 Å². The van der Waals surface area contributed by atoms with Crippen LogP contribution < -0.4 is 4.72 Å². The average Bonchev–Trinajstić information content (AvgIpc) is 2.65. The SMILES string of the molecule is CCc1ccc(NS(=O)(=O)c2ccc(O)c(C(F)(F)F)c2)c(CCC(O)CC)c1. The van der Waals surface area contributed by atoms with Crippen molar-refractivity contribution in [3.8, 4) is 5.75 Å². The van der Waals surface area contributed by atoms with E-state index in [1.807, 2.05) is 19.9 Å². The molecule has 2 rings (SSSR count). The maximum absolute atomic E-state index is 13.0. The van der Waals surface area contributed by atoms with Crippen molar-refractivity contribution in [3.63, 3.8) is 0 Å². The summed E-state index contributed by atoms with van der Waals surface area (Å²) in [7, 11) is -4.32. The highest BCUT2D eigenvalue weighted by atomic mass is 32.2. The monoisotopic (exact) mass is 431 g/mol. The number of aliphatic hydroxyl groups excluding tert-OH is 1. The van der Waals surface area contributed by atoms with Gasteiger partial charge in [0.15, 0.2) is 0 Å². The topological polar surface area (TPSA) is 86.6 Å². The molecule has 0 amide bonds. The first-order chi connectivity index (χ1) is 13.5. The van der Waals surface area contributed by atoms with Crippen LogP contribution in [0.3, 0.4) is 0 Å². The largest absolute Gasteiger partial charge is 0.507 e. The van der Waals surface area contributed by atoms with Crippen molar-refractivity contribution in [2.45, 2.75) is 56.7 Å². The van der Waals surface area contributed by atoms with Gasteiger partial charge in [-0.1, -0.05) is 26.0 Å². The van der Waals surface area contributed by atoms with Crippen LogP contribution in [0.2, 0.25) is 0 Å². The Balaban J connectivity index is 2.39. The summed E-state index contributed by atoms with van der Waals surface area (Å²) in [6.45, 7) is 3.78. The minimum atomic E-state index is -4.89. The number of hydrogen-bond donors (Lipinski definition) is 3. The third kappa shape index (κ3) is 5.86. The molecule has 0 fully saturated rings. The highest BCUT2D eigenvalue weighted by molar-refractivity contribution is 7.92. The van der Waals surface area contributed by atoms with Crippen LogP contribution in [0.1, 0.15) is 43.4 Å². The summed E-state index contributed by atoms with van der Waals surface area (Å²) in [5, 5.41) is 19.2. The Hall–Kier alpha value is -2.26. The number of alkyl halides is 3. The molecular weight excluding hydrogens is 407 g/mol. The lowest BCUT2D eigenvalue weighted by Crippen LogP contribution is -2.16. The fourth-order valence-electron chi connectivity index (χ4n) is 2.81. The Morgan fingerprint density at radius 2 is 1.79 bits per heavy atom. The van der Waals surface area contributed by atoms with Crippen LogP contribution in [0, 0.1) is 0 Å². The van der Waals surface area contributed by atoms with Gasteiger partial charge in [0, 0.05) is 0 Å². The van der Waals surface area contributed by atoms with E-state index >= 15 is 0 Å². The second kappa shape index (κ2) is 9.04. The molecule has 0 saturated heterocycles. The van der Waals surface area contributed by atoms with Gasteiger partial charge in [0.05, 0.1) is 22.3 Å². The zero-order valence-electron chi connectivity index (χ0n) is 16.1. The normalized spacial score (nSPS) is 13.3. The summed E-state index contributed by atoms with van der Waals surface area (Å²) in [5.41, 5.74) is 0.438. The van der Waals surface area contributed by atoms with E-state index in [4.69, 9.17) is 0 Å². The number of rotatable bonds is 8. The van der Waals surface area contributed by atoms with Gasteiger partial charge >= 0.3 is 6.18 Å². The summed E-state index contributed by atoms with van der Waals surface area (Å²) in [6.07, 6.45) is -3.30.